The van der Waals surface area contributed by atoms with Crippen molar-refractivity contribution in [3.05, 3.63) is 62.6 Å². The summed E-state index contributed by atoms with van der Waals surface area (Å²) >= 11 is 3.39. The summed E-state index contributed by atoms with van der Waals surface area (Å²) in [5.41, 5.74) is 1.25. The first kappa shape index (κ1) is 14.3. The average molecular weight is 337 g/mol. The lowest BCUT2D eigenvalue weighted by atomic mass is 10.1. The van der Waals surface area contributed by atoms with Crippen molar-refractivity contribution in [2.45, 2.75) is 6.61 Å². The van der Waals surface area contributed by atoms with Crippen LogP contribution in [0, 0.1) is 10.1 Å². The van der Waals surface area contributed by atoms with E-state index in [0.29, 0.717) is 11.4 Å². The minimum absolute atomic E-state index is 0.0423. The number of nitrogens with zero attached hydrogens (tertiary/aromatic N) is 1. The zero-order chi connectivity index (χ0) is 14.5. The van der Waals surface area contributed by atoms with Crippen LogP contribution in [0.1, 0.15) is 5.56 Å². The molecule has 2 rings (SSSR count). The van der Waals surface area contributed by atoms with Crippen LogP contribution < -0.4 is 10.1 Å². The molecule has 0 unspecified atom stereocenters. The second kappa shape index (κ2) is 6.38. The lowest BCUT2D eigenvalue weighted by Crippen LogP contribution is -2.04. The Morgan fingerprint density at radius 2 is 2.00 bits per heavy atom. The molecule has 104 valence electrons. The third kappa shape index (κ3) is 3.08. The summed E-state index contributed by atoms with van der Waals surface area (Å²) in [5, 5.41) is 13.8. The molecule has 0 saturated carbocycles. The molecule has 2 aromatic rings. The number of benzene rings is 2. The number of nitro groups is 1. The number of nitro benzene ring substituents is 1. The third-order valence-corrected chi connectivity index (χ3v) is 3.45. The van der Waals surface area contributed by atoms with E-state index in [1.54, 1.807) is 19.2 Å². The van der Waals surface area contributed by atoms with Crippen LogP contribution in [-0.2, 0) is 6.61 Å². The number of ether oxygens (including phenoxy) is 1. The number of halogens is 1. The van der Waals surface area contributed by atoms with E-state index in [4.69, 9.17) is 4.74 Å². The highest BCUT2D eigenvalue weighted by molar-refractivity contribution is 9.10. The van der Waals surface area contributed by atoms with Gasteiger partial charge < -0.3 is 10.1 Å². The molecule has 0 amide bonds. The molecular formula is C14H13BrN2O3. The van der Waals surface area contributed by atoms with Gasteiger partial charge in [-0.15, -0.1) is 0 Å². The van der Waals surface area contributed by atoms with E-state index < -0.39 is 4.92 Å². The third-order valence-electron chi connectivity index (χ3n) is 2.80. The van der Waals surface area contributed by atoms with Crippen molar-refractivity contribution in [2.75, 3.05) is 12.4 Å². The first-order valence-corrected chi connectivity index (χ1v) is 6.74. The van der Waals surface area contributed by atoms with Crippen LogP contribution in [-0.4, -0.2) is 12.0 Å². The molecule has 0 aromatic heterocycles. The highest BCUT2D eigenvalue weighted by atomic mass is 79.9. The van der Waals surface area contributed by atoms with E-state index >= 15 is 0 Å². The molecule has 5 nitrogen and oxygen atoms in total. The maximum atomic E-state index is 11.0. The van der Waals surface area contributed by atoms with Crippen molar-refractivity contribution >= 4 is 27.3 Å². The Balaban J connectivity index is 2.24. The van der Waals surface area contributed by atoms with Gasteiger partial charge in [0.15, 0.2) is 0 Å². The summed E-state index contributed by atoms with van der Waals surface area (Å²) in [7, 11) is 1.66. The molecule has 20 heavy (non-hydrogen) atoms. The summed E-state index contributed by atoms with van der Waals surface area (Å²) < 4.78 is 6.53. The number of hydrogen-bond acceptors (Lipinski definition) is 4. The van der Waals surface area contributed by atoms with Gasteiger partial charge in [0.25, 0.3) is 5.69 Å². The Bertz CT molecular complexity index is 632. The van der Waals surface area contributed by atoms with Gasteiger partial charge in [-0.05, 0) is 28.1 Å². The Kier molecular flexibility index (Phi) is 4.57. The van der Waals surface area contributed by atoms with Gasteiger partial charge in [0.1, 0.15) is 18.0 Å². The van der Waals surface area contributed by atoms with Gasteiger partial charge in [0.2, 0.25) is 0 Å². The number of hydrogen-bond donors (Lipinski definition) is 1. The van der Waals surface area contributed by atoms with Crippen molar-refractivity contribution in [1.29, 1.82) is 0 Å². The normalized spacial score (nSPS) is 10.1. The summed E-state index contributed by atoms with van der Waals surface area (Å²) in [6, 6.07) is 12.4. The quantitative estimate of drug-likeness (QED) is 0.662. The molecular weight excluding hydrogens is 324 g/mol. The Labute approximate surface area is 124 Å². The fourth-order valence-corrected chi connectivity index (χ4v) is 2.26. The fraction of sp³-hybridized carbons (Fsp3) is 0.143. The summed E-state index contributed by atoms with van der Waals surface area (Å²) in [6.45, 7) is 0.250. The Morgan fingerprint density at radius 1 is 1.25 bits per heavy atom. The topological polar surface area (TPSA) is 64.4 Å². The van der Waals surface area contributed by atoms with Crippen molar-refractivity contribution in [3.63, 3.8) is 0 Å². The fourth-order valence-electron chi connectivity index (χ4n) is 1.86. The van der Waals surface area contributed by atoms with Crippen LogP contribution in [0.3, 0.4) is 0 Å². The van der Waals surface area contributed by atoms with Crippen LogP contribution in [0.2, 0.25) is 0 Å². The van der Waals surface area contributed by atoms with Crippen LogP contribution in [0.5, 0.6) is 5.75 Å². The largest absolute Gasteiger partial charge is 0.488 e. The lowest BCUT2D eigenvalue weighted by molar-refractivity contribution is -0.384. The van der Waals surface area contributed by atoms with Crippen LogP contribution >= 0.6 is 15.9 Å². The molecule has 0 saturated heterocycles. The molecule has 0 fully saturated rings. The Morgan fingerprint density at radius 3 is 2.65 bits per heavy atom. The minimum Gasteiger partial charge on any atom is -0.488 e. The van der Waals surface area contributed by atoms with Gasteiger partial charge in [-0.3, -0.25) is 10.1 Å². The van der Waals surface area contributed by atoms with Crippen LogP contribution in [0.15, 0.2) is 46.9 Å². The molecule has 0 aliphatic heterocycles. The standard InChI is InChI=1S/C14H13BrN2O3/c1-16-14-10(5-4-7-12(14)17(18)19)9-20-13-8-3-2-6-11(13)15/h2-8,16H,9H2,1H3. The van der Waals surface area contributed by atoms with E-state index in [9.17, 15) is 10.1 Å². The number of rotatable bonds is 5. The molecule has 0 heterocycles. The SMILES string of the molecule is CNc1c(COc2ccccc2Br)cccc1[N+](=O)[O-]. The zero-order valence-electron chi connectivity index (χ0n) is 10.8. The van der Waals surface area contributed by atoms with Crippen molar-refractivity contribution in [1.82, 2.24) is 0 Å². The van der Waals surface area contributed by atoms with Crippen molar-refractivity contribution < 1.29 is 9.66 Å². The molecule has 0 aliphatic rings. The summed E-state index contributed by atoms with van der Waals surface area (Å²) in [4.78, 5) is 10.6. The van der Waals surface area contributed by atoms with Gasteiger partial charge in [0.05, 0.1) is 9.40 Å². The zero-order valence-corrected chi connectivity index (χ0v) is 12.4. The maximum absolute atomic E-state index is 11.0. The minimum atomic E-state index is -0.409. The van der Waals surface area contributed by atoms with Gasteiger partial charge in [-0.25, -0.2) is 0 Å². The maximum Gasteiger partial charge on any atom is 0.292 e. The Hall–Kier alpha value is -2.08. The monoisotopic (exact) mass is 336 g/mol. The second-order valence-corrected chi connectivity index (χ2v) is 4.89. The molecule has 2 aromatic carbocycles. The molecule has 0 radical (unpaired) electrons. The highest BCUT2D eigenvalue weighted by Crippen LogP contribution is 2.30. The van der Waals surface area contributed by atoms with Crippen LogP contribution in [0.4, 0.5) is 11.4 Å². The first-order chi connectivity index (χ1) is 9.63. The predicted molar refractivity (Wildman–Crippen MR) is 81.1 cm³/mol. The lowest BCUT2D eigenvalue weighted by Gasteiger charge is -2.11. The smallest absolute Gasteiger partial charge is 0.292 e. The first-order valence-electron chi connectivity index (χ1n) is 5.95. The molecule has 0 bridgehead atoms. The van der Waals surface area contributed by atoms with E-state index in [0.717, 1.165) is 10.0 Å². The van der Waals surface area contributed by atoms with Crippen LogP contribution in [0.25, 0.3) is 0 Å². The molecule has 0 aliphatic carbocycles. The molecule has 1 N–H and O–H groups in total. The number of para-hydroxylation sites is 2. The average Bonchev–Trinajstić information content (AvgIpc) is 2.45. The van der Waals surface area contributed by atoms with E-state index in [1.165, 1.54) is 6.07 Å². The summed E-state index contributed by atoms with van der Waals surface area (Å²) in [6.07, 6.45) is 0. The van der Waals surface area contributed by atoms with Gasteiger partial charge >= 0.3 is 0 Å². The van der Waals surface area contributed by atoms with Crippen molar-refractivity contribution in [2.24, 2.45) is 0 Å². The highest BCUT2D eigenvalue weighted by Gasteiger charge is 2.16. The molecule has 0 spiro atoms. The molecule has 6 heteroatoms. The van der Waals surface area contributed by atoms with E-state index in [-0.39, 0.29) is 12.3 Å². The van der Waals surface area contributed by atoms with Gasteiger partial charge in [-0.1, -0.05) is 24.3 Å². The second-order valence-electron chi connectivity index (χ2n) is 4.04. The van der Waals surface area contributed by atoms with E-state index in [2.05, 4.69) is 21.2 Å². The number of nitrogens with one attached hydrogen (secondary N) is 1. The van der Waals surface area contributed by atoms with Gasteiger partial charge in [0, 0.05) is 18.7 Å². The van der Waals surface area contributed by atoms with E-state index in [1.807, 2.05) is 24.3 Å². The summed E-state index contributed by atoms with van der Waals surface area (Å²) in [5.74, 6) is 0.695. The predicted octanol–water partition coefficient (Wildman–Crippen LogP) is 3.98. The molecule has 0 atom stereocenters. The number of anilines is 1. The van der Waals surface area contributed by atoms with Gasteiger partial charge in [-0.2, -0.15) is 0 Å². The van der Waals surface area contributed by atoms with Crippen molar-refractivity contribution in [3.8, 4) is 5.75 Å².